The van der Waals surface area contributed by atoms with E-state index in [1.54, 1.807) is 12.3 Å². The molecule has 1 aliphatic heterocycles. The Morgan fingerprint density at radius 2 is 2.12 bits per heavy atom. The molecule has 1 aliphatic rings. The molecule has 2 N–H and O–H groups in total. The minimum Gasteiger partial charge on any atom is -0.378 e. The standard InChI is InChI=1S/C15H24N4O4S/c1-3-12(11-17-24(2,21)22)18-15(20)14-10-13(4-5-16-14)19-6-8-23-9-7-19/h4-5,10,12,17H,3,6-9,11H2,1-2H3,(H,18,20). The van der Waals surface area contributed by atoms with Crippen molar-refractivity contribution >= 4 is 21.6 Å². The molecule has 24 heavy (non-hydrogen) atoms. The maximum atomic E-state index is 12.4. The zero-order valence-electron chi connectivity index (χ0n) is 14.0. The van der Waals surface area contributed by atoms with Crippen molar-refractivity contribution in [3.05, 3.63) is 24.0 Å². The van der Waals surface area contributed by atoms with Crippen LogP contribution in [0.4, 0.5) is 5.69 Å². The smallest absolute Gasteiger partial charge is 0.270 e. The van der Waals surface area contributed by atoms with E-state index in [0.717, 1.165) is 25.0 Å². The summed E-state index contributed by atoms with van der Waals surface area (Å²) < 4.78 is 30.1. The Kier molecular flexibility index (Phi) is 6.52. The number of nitrogens with zero attached hydrogens (tertiary/aromatic N) is 2. The number of carbonyl (C=O) groups excluding carboxylic acids is 1. The maximum Gasteiger partial charge on any atom is 0.270 e. The SMILES string of the molecule is CCC(CNS(C)(=O)=O)NC(=O)c1cc(N2CCOCC2)ccn1. The van der Waals surface area contributed by atoms with Crippen LogP contribution in [0, 0.1) is 0 Å². The fraction of sp³-hybridized carbons (Fsp3) is 0.600. The van der Waals surface area contributed by atoms with Gasteiger partial charge >= 0.3 is 0 Å². The van der Waals surface area contributed by atoms with Gasteiger partial charge in [-0.3, -0.25) is 9.78 Å². The normalized spacial score (nSPS) is 16.7. The van der Waals surface area contributed by atoms with Gasteiger partial charge in [-0.15, -0.1) is 0 Å². The summed E-state index contributed by atoms with van der Waals surface area (Å²) >= 11 is 0. The van der Waals surface area contributed by atoms with E-state index in [4.69, 9.17) is 4.74 Å². The lowest BCUT2D eigenvalue weighted by Gasteiger charge is -2.29. The summed E-state index contributed by atoms with van der Waals surface area (Å²) in [7, 11) is -3.29. The number of morpholine rings is 1. The number of ether oxygens (including phenoxy) is 1. The highest BCUT2D eigenvalue weighted by atomic mass is 32.2. The van der Waals surface area contributed by atoms with Gasteiger partial charge in [0.25, 0.3) is 5.91 Å². The molecule has 0 spiro atoms. The molecule has 0 saturated carbocycles. The van der Waals surface area contributed by atoms with Crippen LogP contribution in [0.2, 0.25) is 0 Å². The van der Waals surface area contributed by atoms with Crippen LogP contribution in [-0.4, -0.2) is 64.5 Å². The highest BCUT2D eigenvalue weighted by Gasteiger charge is 2.17. The molecule has 0 bridgehead atoms. The Bertz CT molecular complexity index is 659. The first kappa shape index (κ1) is 18.6. The summed E-state index contributed by atoms with van der Waals surface area (Å²) in [6.07, 6.45) is 3.31. The zero-order chi connectivity index (χ0) is 17.6. The van der Waals surface area contributed by atoms with Gasteiger partial charge in [0.05, 0.1) is 19.5 Å². The molecule has 134 valence electrons. The first-order chi connectivity index (χ1) is 11.4. The van der Waals surface area contributed by atoms with Gasteiger partial charge in [-0.2, -0.15) is 0 Å². The Labute approximate surface area is 142 Å². The highest BCUT2D eigenvalue weighted by Crippen LogP contribution is 2.16. The number of rotatable bonds is 7. The van der Waals surface area contributed by atoms with Gasteiger partial charge in [0.2, 0.25) is 10.0 Å². The van der Waals surface area contributed by atoms with Crippen LogP contribution in [0.25, 0.3) is 0 Å². The van der Waals surface area contributed by atoms with Crippen molar-refractivity contribution in [1.29, 1.82) is 0 Å². The molecule has 9 heteroatoms. The third-order valence-corrected chi connectivity index (χ3v) is 4.46. The van der Waals surface area contributed by atoms with Gasteiger partial charge in [0, 0.05) is 37.6 Å². The Hall–Kier alpha value is -1.71. The van der Waals surface area contributed by atoms with Gasteiger partial charge in [-0.25, -0.2) is 13.1 Å². The molecule has 8 nitrogen and oxygen atoms in total. The van der Waals surface area contributed by atoms with Gasteiger partial charge in [0.1, 0.15) is 5.69 Å². The van der Waals surface area contributed by atoms with Crippen LogP contribution in [-0.2, 0) is 14.8 Å². The summed E-state index contributed by atoms with van der Waals surface area (Å²) in [4.78, 5) is 18.6. The van der Waals surface area contributed by atoms with Crippen molar-refractivity contribution in [3.63, 3.8) is 0 Å². The topological polar surface area (TPSA) is 101 Å². The van der Waals surface area contributed by atoms with Crippen LogP contribution < -0.4 is 14.9 Å². The molecule has 2 heterocycles. The zero-order valence-corrected chi connectivity index (χ0v) is 14.8. The fourth-order valence-electron chi connectivity index (χ4n) is 2.37. The van der Waals surface area contributed by atoms with Crippen LogP contribution in [0.5, 0.6) is 0 Å². The number of sulfonamides is 1. The quantitative estimate of drug-likeness (QED) is 0.712. The van der Waals surface area contributed by atoms with Crippen LogP contribution >= 0.6 is 0 Å². The summed E-state index contributed by atoms with van der Waals surface area (Å²) in [5.74, 6) is -0.313. The van der Waals surface area contributed by atoms with E-state index >= 15 is 0 Å². The number of hydrogen-bond donors (Lipinski definition) is 2. The summed E-state index contributed by atoms with van der Waals surface area (Å²) in [5, 5.41) is 2.81. The third-order valence-electron chi connectivity index (χ3n) is 3.77. The van der Waals surface area contributed by atoms with E-state index in [1.807, 2.05) is 13.0 Å². The lowest BCUT2D eigenvalue weighted by atomic mass is 10.2. The second-order valence-corrected chi connectivity index (χ2v) is 7.53. The van der Waals surface area contributed by atoms with Crippen LogP contribution in [0.15, 0.2) is 18.3 Å². The largest absolute Gasteiger partial charge is 0.378 e. The molecule has 1 fully saturated rings. The van der Waals surface area contributed by atoms with Gasteiger partial charge < -0.3 is 15.0 Å². The number of amides is 1. The molecular weight excluding hydrogens is 332 g/mol. The monoisotopic (exact) mass is 356 g/mol. The molecule has 0 aliphatic carbocycles. The van der Waals surface area contributed by atoms with Crippen LogP contribution in [0.3, 0.4) is 0 Å². The van der Waals surface area contributed by atoms with Crippen LogP contribution in [0.1, 0.15) is 23.8 Å². The lowest BCUT2D eigenvalue weighted by molar-refractivity contribution is 0.0931. The minimum absolute atomic E-state index is 0.157. The lowest BCUT2D eigenvalue weighted by Crippen LogP contribution is -2.43. The second kappa shape index (κ2) is 8.41. The Morgan fingerprint density at radius 1 is 1.42 bits per heavy atom. The predicted molar refractivity (Wildman–Crippen MR) is 91.7 cm³/mol. The number of aromatic nitrogens is 1. The van der Waals surface area contributed by atoms with E-state index in [2.05, 4.69) is 19.9 Å². The number of anilines is 1. The van der Waals surface area contributed by atoms with Crippen molar-refractivity contribution < 1.29 is 17.9 Å². The first-order valence-corrected chi connectivity index (χ1v) is 9.82. The molecule has 2 rings (SSSR count). The molecule has 1 unspecified atom stereocenters. The van der Waals surface area contributed by atoms with E-state index in [9.17, 15) is 13.2 Å². The van der Waals surface area contributed by atoms with Gasteiger partial charge in [-0.05, 0) is 18.6 Å². The maximum absolute atomic E-state index is 12.4. The van der Waals surface area contributed by atoms with Gasteiger partial charge in [-0.1, -0.05) is 6.92 Å². The Morgan fingerprint density at radius 3 is 2.75 bits per heavy atom. The van der Waals surface area contributed by atoms with Crippen molar-refractivity contribution in [2.75, 3.05) is 44.0 Å². The summed E-state index contributed by atoms with van der Waals surface area (Å²) in [6, 6.07) is 3.32. The van der Waals surface area contributed by atoms with Crippen molar-refractivity contribution in [1.82, 2.24) is 15.0 Å². The van der Waals surface area contributed by atoms with Crippen molar-refractivity contribution in [3.8, 4) is 0 Å². The fourth-order valence-corrected chi connectivity index (χ4v) is 2.87. The third kappa shape index (κ3) is 5.73. The molecule has 1 amide bonds. The van der Waals surface area contributed by atoms with Crippen molar-refractivity contribution in [2.24, 2.45) is 0 Å². The second-order valence-electron chi connectivity index (χ2n) is 5.70. The molecule has 1 atom stereocenters. The highest BCUT2D eigenvalue weighted by molar-refractivity contribution is 7.88. The van der Waals surface area contributed by atoms with Crippen molar-refractivity contribution in [2.45, 2.75) is 19.4 Å². The molecular formula is C15H24N4O4S. The minimum atomic E-state index is -3.29. The molecule has 0 aromatic carbocycles. The first-order valence-electron chi connectivity index (χ1n) is 7.93. The predicted octanol–water partition coefficient (Wildman–Crippen LogP) is -0.0242. The molecule has 1 aromatic rings. The average molecular weight is 356 g/mol. The summed E-state index contributed by atoms with van der Waals surface area (Å²) in [5.41, 5.74) is 1.25. The average Bonchev–Trinajstić information content (AvgIpc) is 2.58. The Balaban J connectivity index is 2.00. The molecule has 1 saturated heterocycles. The number of nitrogens with one attached hydrogen (secondary N) is 2. The summed E-state index contributed by atoms with van der Waals surface area (Å²) in [6.45, 7) is 4.93. The number of pyridine rings is 1. The van der Waals surface area contributed by atoms with E-state index < -0.39 is 10.0 Å². The van der Waals surface area contributed by atoms with Gasteiger partial charge in [0.15, 0.2) is 0 Å². The molecule has 1 aromatic heterocycles. The van der Waals surface area contributed by atoms with E-state index in [-0.39, 0.29) is 18.5 Å². The van der Waals surface area contributed by atoms with E-state index in [1.165, 1.54) is 0 Å². The number of carbonyl (C=O) groups is 1. The molecule has 0 radical (unpaired) electrons. The van der Waals surface area contributed by atoms with E-state index in [0.29, 0.717) is 25.3 Å². The number of hydrogen-bond acceptors (Lipinski definition) is 6.